The molecule has 0 aliphatic carbocycles. The fourth-order valence-corrected chi connectivity index (χ4v) is 3.72. The third kappa shape index (κ3) is 3.88. The van der Waals surface area contributed by atoms with E-state index in [1.807, 2.05) is 11.8 Å². The molecule has 0 saturated carbocycles. The van der Waals surface area contributed by atoms with Crippen LogP contribution in [0.5, 0.6) is 0 Å². The lowest BCUT2D eigenvalue weighted by Gasteiger charge is -2.28. The summed E-state index contributed by atoms with van der Waals surface area (Å²) in [7, 11) is 0. The van der Waals surface area contributed by atoms with E-state index in [1.165, 1.54) is 30.9 Å². The highest BCUT2D eigenvalue weighted by Gasteiger charge is 2.24. The Balaban J connectivity index is 1.73. The van der Waals surface area contributed by atoms with E-state index >= 15 is 0 Å². The van der Waals surface area contributed by atoms with Gasteiger partial charge in [-0.15, -0.1) is 0 Å². The number of amidine groups is 1. The van der Waals surface area contributed by atoms with Gasteiger partial charge in [-0.25, -0.2) is 0 Å². The van der Waals surface area contributed by atoms with Crippen LogP contribution in [0.2, 0.25) is 0 Å². The highest BCUT2D eigenvalue weighted by molar-refractivity contribution is 8.14. The van der Waals surface area contributed by atoms with E-state index in [0.717, 1.165) is 25.7 Å². The summed E-state index contributed by atoms with van der Waals surface area (Å²) in [5.74, 6) is 0.747. The van der Waals surface area contributed by atoms with Crippen LogP contribution < -0.4 is 5.32 Å². The molecule has 3 nitrogen and oxygen atoms in total. The van der Waals surface area contributed by atoms with Gasteiger partial charge in [-0.05, 0) is 32.1 Å². The predicted molar refractivity (Wildman–Crippen MR) is 74.7 cm³/mol. The van der Waals surface area contributed by atoms with E-state index in [4.69, 9.17) is 4.74 Å². The van der Waals surface area contributed by atoms with Crippen molar-refractivity contribution >= 4 is 16.9 Å². The zero-order chi connectivity index (χ0) is 12.1. The van der Waals surface area contributed by atoms with Gasteiger partial charge in [0.2, 0.25) is 0 Å². The lowest BCUT2D eigenvalue weighted by molar-refractivity contribution is 0.0583. The summed E-state index contributed by atoms with van der Waals surface area (Å²) >= 11 is 1.94. The van der Waals surface area contributed by atoms with Gasteiger partial charge >= 0.3 is 0 Å². The molecule has 0 radical (unpaired) electrons. The van der Waals surface area contributed by atoms with E-state index in [0.29, 0.717) is 11.3 Å². The summed E-state index contributed by atoms with van der Waals surface area (Å²) in [6.45, 7) is 7.38. The predicted octanol–water partition coefficient (Wildman–Crippen LogP) is 2.66. The first kappa shape index (κ1) is 13.2. The molecule has 2 aliphatic rings. The maximum Gasteiger partial charge on any atom is 0.157 e. The molecule has 17 heavy (non-hydrogen) atoms. The minimum absolute atomic E-state index is 0.533. The molecule has 1 saturated heterocycles. The van der Waals surface area contributed by atoms with Crippen LogP contribution in [0.15, 0.2) is 4.99 Å². The van der Waals surface area contributed by atoms with Crippen LogP contribution in [0.1, 0.15) is 39.5 Å². The summed E-state index contributed by atoms with van der Waals surface area (Å²) in [4.78, 5) is 4.61. The third-order valence-corrected chi connectivity index (χ3v) is 4.84. The summed E-state index contributed by atoms with van der Waals surface area (Å²) in [5.41, 5.74) is 0. The summed E-state index contributed by atoms with van der Waals surface area (Å²) in [5, 5.41) is 5.48. The molecule has 1 fully saturated rings. The second-order valence-electron chi connectivity index (χ2n) is 5.06. The number of nitrogens with one attached hydrogen (secondary N) is 1. The van der Waals surface area contributed by atoms with Crippen molar-refractivity contribution in [2.24, 2.45) is 10.9 Å². The Morgan fingerprint density at radius 1 is 1.47 bits per heavy atom. The number of thioether (sulfide) groups is 1. The van der Waals surface area contributed by atoms with Gasteiger partial charge in [0.25, 0.3) is 0 Å². The lowest BCUT2D eigenvalue weighted by atomic mass is 9.93. The Hall–Kier alpha value is -0.220. The van der Waals surface area contributed by atoms with E-state index in [1.54, 1.807) is 0 Å². The van der Waals surface area contributed by atoms with Gasteiger partial charge in [-0.2, -0.15) is 0 Å². The first-order valence-corrected chi connectivity index (χ1v) is 7.73. The summed E-state index contributed by atoms with van der Waals surface area (Å²) < 4.78 is 5.41. The number of nitrogens with zero attached hydrogens (tertiary/aromatic N) is 1. The largest absolute Gasteiger partial charge is 0.381 e. The standard InChI is InChI=1S/C13H24N2OS/c1-3-4-12-9-14-13(17-12)15-10(2)11-5-7-16-8-6-11/h10-12H,3-9H2,1-2H3,(H,14,15). The zero-order valence-corrected chi connectivity index (χ0v) is 11.8. The van der Waals surface area contributed by atoms with Gasteiger partial charge in [0, 0.05) is 24.5 Å². The van der Waals surface area contributed by atoms with E-state index < -0.39 is 0 Å². The molecule has 2 unspecified atom stereocenters. The smallest absolute Gasteiger partial charge is 0.157 e. The molecule has 0 bridgehead atoms. The highest BCUT2D eigenvalue weighted by atomic mass is 32.2. The fraction of sp³-hybridized carbons (Fsp3) is 0.923. The first-order chi connectivity index (χ1) is 8.29. The molecule has 2 atom stereocenters. The molecular formula is C13H24N2OS. The summed E-state index contributed by atoms with van der Waals surface area (Å²) in [6.07, 6.45) is 4.91. The normalized spacial score (nSPS) is 27.9. The maximum absolute atomic E-state index is 5.41. The number of ether oxygens (including phenoxy) is 1. The number of hydrogen-bond donors (Lipinski definition) is 1. The van der Waals surface area contributed by atoms with Crippen LogP contribution in [0.3, 0.4) is 0 Å². The monoisotopic (exact) mass is 256 g/mol. The number of rotatable bonds is 4. The minimum atomic E-state index is 0.533. The average Bonchev–Trinajstić information content (AvgIpc) is 2.78. The molecule has 98 valence electrons. The molecule has 2 rings (SSSR count). The van der Waals surface area contributed by atoms with E-state index in [9.17, 15) is 0 Å². The Morgan fingerprint density at radius 3 is 2.94 bits per heavy atom. The average molecular weight is 256 g/mol. The molecule has 4 heteroatoms. The lowest BCUT2D eigenvalue weighted by Crippen LogP contribution is -2.38. The minimum Gasteiger partial charge on any atom is -0.381 e. The van der Waals surface area contributed by atoms with Crippen LogP contribution in [0.25, 0.3) is 0 Å². The van der Waals surface area contributed by atoms with Gasteiger partial charge in [0.1, 0.15) is 0 Å². The first-order valence-electron chi connectivity index (χ1n) is 6.85. The van der Waals surface area contributed by atoms with Gasteiger partial charge in [-0.3, -0.25) is 4.99 Å². The van der Waals surface area contributed by atoms with Crippen LogP contribution in [0.4, 0.5) is 0 Å². The van der Waals surface area contributed by atoms with E-state index in [-0.39, 0.29) is 0 Å². The van der Waals surface area contributed by atoms with Crippen molar-refractivity contribution in [1.82, 2.24) is 5.32 Å². The maximum atomic E-state index is 5.41. The molecule has 0 aromatic heterocycles. The second-order valence-corrected chi connectivity index (χ2v) is 6.35. The fourth-order valence-electron chi connectivity index (χ4n) is 2.50. The molecule has 2 heterocycles. The third-order valence-electron chi connectivity index (χ3n) is 3.65. The number of hydrogen-bond acceptors (Lipinski definition) is 4. The molecule has 0 amide bonds. The molecule has 0 aromatic carbocycles. The SMILES string of the molecule is CCCC1CN=C(NC(C)C2CCOCC2)S1. The Bertz CT molecular complexity index is 264. The topological polar surface area (TPSA) is 33.6 Å². The van der Waals surface area contributed by atoms with Crippen molar-refractivity contribution in [3.63, 3.8) is 0 Å². The Labute approximate surface area is 109 Å². The van der Waals surface area contributed by atoms with Crippen LogP contribution in [-0.2, 0) is 4.74 Å². The van der Waals surface area contributed by atoms with Crippen molar-refractivity contribution in [1.29, 1.82) is 0 Å². The van der Waals surface area contributed by atoms with Crippen LogP contribution >= 0.6 is 11.8 Å². The van der Waals surface area contributed by atoms with Gasteiger partial charge in [0.05, 0.1) is 6.54 Å². The van der Waals surface area contributed by atoms with Crippen LogP contribution in [0, 0.1) is 5.92 Å². The molecule has 2 aliphatic heterocycles. The molecule has 0 spiro atoms. The van der Waals surface area contributed by atoms with Crippen LogP contribution in [-0.4, -0.2) is 36.2 Å². The summed E-state index contributed by atoms with van der Waals surface area (Å²) in [6, 6.07) is 0.533. The Kier molecular flexibility index (Phi) is 5.16. The van der Waals surface area contributed by atoms with Crippen molar-refractivity contribution in [2.75, 3.05) is 19.8 Å². The number of aliphatic imine (C=N–C) groups is 1. The quantitative estimate of drug-likeness (QED) is 0.839. The van der Waals surface area contributed by atoms with Gasteiger partial charge < -0.3 is 10.1 Å². The van der Waals surface area contributed by atoms with Gasteiger partial charge in [-0.1, -0.05) is 25.1 Å². The second kappa shape index (κ2) is 6.64. The zero-order valence-electron chi connectivity index (χ0n) is 10.9. The van der Waals surface area contributed by atoms with Gasteiger partial charge in [0.15, 0.2) is 5.17 Å². The molecular weight excluding hydrogens is 232 g/mol. The molecule has 1 N–H and O–H groups in total. The van der Waals surface area contributed by atoms with Crippen molar-refractivity contribution < 1.29 is 4.74 Å². The van der Waals surface area contributed by atoms with Crippen molar-refractivity contribution in [3.8, 4) is 0 Å². The molecule has 0 aromatic rings. The van der Waals surface area contributed by atoms with E-state index in [2.05, 4.69) is 24.2 Å². The van der Waals surface area contributed by atoms with Crippen molar-refractivity contribution in [3.05, 3.63) is 0 Å². The van der Waals surface area contributed by atoms with Crippen molar-refractivity contribution in [2.45, 2.75) is 50.8 Å². The Morgan fingerprint density at radius 2 is 2.24 bits per heavy atom. The highest BCUT2D eigenvalue weighted by Crippen LogP contribution is 2.25.